The summed E-state index contributed by atoms with van der Waals surface area (Å²) in [4.78, 5) is 27.0. The SMILES string of the molecule is CCCCOCC1(C(=O)OCC)CCC(C)N1C(=O)OC(C)(C)C. The summed E-state index contributed by atoms with van der Waals surface area (Å²) in [6.45, 7) is 12.2. The smallest absolute Gasteiger partial charge is 0.411 e. The molecule has 1 heterocycles. The molecule has 0 radical (unpaired) electrons. The molecule has 0 aromatic carbocycles. The lowest BCUT2D eigenvalue weighted by Crippen LogP contribution is -2.59. The largest absolute Gasteiger partial charge is 0.464 e. The summed E-state index contributed by atoms with van der Waals surface area (Å²) in [6.07, 6.45) is 2.69. The van der Waals surface area contributed by atoms with Gasteiger partial charge in [0, 0.05) is 12.6 Å². The number of esters is 1. The molecular weight excluding hydrogens is 310 g/mol. The van der Waals surface area contributed by atoms with Crippen LogP contribution in [-0.4, -0.2) is 54.0 Å². The first-order valence-corrected chi connectivity index (χ1v) is 8.95. The van der Waals surface area contributed by atoms with Gasteiger partial charge < -0.3 is 14.2 Å². The zero-order valence-electron chi connectivity index (χ0n) is 16.0. The Morgan fingerprint density at radius 2 is 1.92 bits per heavy atom. The maximum absolute atomic E-state index is 12.7. The first-order chi connectivity index (χ1) is 11.2. The highest BCUT2D eigenvalue weighted by Crippen LogP contribution is 2.37. The van der Waals surface area contributed by atoms with Crippen molar-refractivity contribution in [3.63, 3.8) is 0 Å². The molecule has 6 nitrogen and oxygen atoms in total. The molecule has 1 amide bonds. The number of rotatable bonds is 7. The molecular formula is C18H33NO5. The van der Waals surface area contributed by atoms with Crippen LogP contribution in [0.25, 0.3) is 0 Å². The molecule has 0 N–H and O–H groups in total. The van der Waals surface area contributed by atoms with E-state index in [1.54, 1.807) is 6.92 Å². The lowest BCUT2D eigenvalue weighted by molar-refractivity contribution is -0.160. The number of likely N-dealkylation sites (tertiary alicyclic amines) is 1. The minimum absolute atomic E-state index is 0.0981. The van der Waals surface area contributed by atoms with E-state index in [1.807, 2.05) is 27.7 Å². The summed E-state index contributed by atoms with van der Waals surface area (Å²) in [5.41, 5.74) is -1.71. The van der Waals surface area contributed by atoms with Gasteiger partial charge in [0.2, 0.25) is 0 Å². The van der Waals surface area contributed by atoms with Gasteiger partial charge in [0.15, 0.2) is 5.54 Å². The fourth-order valence-corrected chi connectivity index (χ4v) is 2.94. The van der Waals surface area contributed by atoms with E-state index < -0.39 is 23.2 Å². The fourth-order valence-electron chi connectivity index (χ4n) is 2.94. The van der Waals surface area contributed by atoms with Gasteiger partial charge in [0.05, 0.1) is 13.2 Å². The molecule has 0 aliphatic carbocycles. The van der Waals surface area contributed by atoms with E-state index >= 15 is 0 Å². The Morgan fingerprint density at radius 3 is 2.46 bits per heavy atom. The van der Waals surface area contributed by atoms with Crippen LogP contribution in [0.15, 0.2) is 0 Å². The van der Waals surface area contributed by atoms with Crippen LogP contribution in [0.5, 0.6) is 0 Å². The molecule has 0 spiro atoms. The second kappa shape index (κ2) is 8.70. The van der Waals surface area contributed by atoms with Crippen molar-refractivity contribution >= 4 is 12.1 Å². The predicted molar refractivity (Wildman–Crippen MR) is 91.9 cm³/mol. The Balaban J connectivity index is 3.03. The van der Waals surface area contributed by atoms with Crippen LogP contribution in [0, 0.1) is 0 Å². The summed E-state index contributed by atoms with van der Waals surface area (Å²) in [6, 6.07) is -0.0981. The molecule has 0 aromatic heterocycles. The quantitative estimate of drug-likeness (QED) is 0.523. The number of unbranched alkanes of at least 4 members (excludes halogenated alkanes) is 1. The van der Waals surface area contributed by atoms with Gasteiger partial charge in [-0.2, -0.15) is 0 Å². The third kappa shape index (κ3) is 5.10. The van der Waals surface area contributed by atoms with Crippen LogP contribution in [0.3, 0.4) is 0 Å². The minimum atomic E-state index is -1.09. The molecule has 1 rings (SSSR count). The predicted octanol–water partition coefficient (Wildman–Crippen LogP) is 3.52. The van der Waals surface area contributed by atoms with Crippen LogP contribution in [0.1, 0.15) is 67.2 Å². The van der Waals surface area contributed by atoms with Gasteiger partial charge in [-0.05, 0) is 53.9 Å². The van der Waals surface area contributed by atoms with Crippen molar-refractivity contribution in [2.24, 2.45) is 0 Å². The van der Waals surface area contributed by atoms with Gasteiger partial charge in [-0.3, -0.25) is 4.90 Å². The highest BCUT2D eigenvalue weighted by molar-refractivity contribution is 5.87. The van der Waals surface area contributed by atoms with Crippen LogP contribution >= 0.6 is 0 Å². The Labute approximate surface area is 145 Å². The van der Waals surface area contributed by atoms with Crippen molar-refractivity contribution in [2.45, 2.75) is 84.4 Å². The van der Waals surface area contributed by atoms with Gasteiger partial charge in [0.1, 0.15) is 5.60 Å². The number of nitrogens with zero attached hydrogens (tertiary/aromatic N) is 1. The number of carbonyl (C=O) groups excluding carboxylic acids is 2. The van der Waals surface area contributed by atoms with E-state index in [4.69, 9.17) is 14.2 Å². The molecule has 140 valence electrons. The Hall–Kier alpha value is -1.30. The highest BCUT2D eigenvalue weighted by Gasteiger charge is 2.55. The summed E-state index contributed by atoms with van der Waals surface area (Å²) < 4.78 is 16.5. The minimum Gasteiger partial charge on any atom is -0.464 e. The summed E-state index contributed by atoms with van der Waals surface area (Å²) in [5, 5.41) is 0. The molecule has 1 aliphatic rings. The number of hydrogen-bond acceptors (Lipinski definition) is 5. The van der Waals surface area contributed by atoms with E-state index in [0.717, 1.165) is 19.3 Å². The van der Waals surface area contributed by atoms with Gasteiger partial charge in [0.25, 0.3) is 0 Å². The van der Waals surface area contributed by atoms with E-state index in [0.29, 0.717) is 13.0 Å². The van der Waals surface area contributed by atoms with E-state index in [1.165, 1.54) is 4.90 Å². The lowest BCUT2D eigenvalue weighted by Gasteiger charge is -2.38. The first kappa shape index (κ1) is 20.7. The normalized spacial score (nSPS) is 24.1. The van der Waals surface area contributed by atoms with Crippen molar-refractivity contribution < 1.29 is 23.8 Å². The van der Waals surface area contributed by atoms with Crippen molar-refractivity contribution in [2.75, 3.05) is 19.8 Å². The van der Waals surface area contributed by atoms with Gasteiger partial charge in [-0.25, -0.2) is 9.59 Å². The average molecular weight is 343 g/mol. The van der Waals surface area contributed by atoms with E-state index in [-0.39, 0.29) is 19.3 Å². The molecule has 0 saturated carbocycles. The Kier molecular flexibility index (Phi) is 7.52. The standard InChI is InChI=1S/C18H33NO5/c1-7-9-12-22-13-18(15(20)23-8-2)11-10-14(3)19(18)16(21)24-17(4,5)6/h14H,7-13H2,1-6H3. The maximum atomic E-state index is 12.7. The fraction of sp³-hybridized carbons (Fsp3) is 0.889. The first-order valence-electron chi connectivity index (χ1n) is 8.95. The summed E-state index contributed by atoms with van der Waals surface area (Å²) >= 11 is 0. The third-order valence-electron chi connectivity index (χ3n) is 4.11. The molecule has 2 unspecified atom stereocenters. The molecule has 1 aliphatic heterocycles. The number of ether oxygens (including phenoxy) is 3. The van der Waals surface area contributed by atoms with Crippen molar-refractivity contribution in [1.82, 2.24) is 4.90 Å². The average Bonchev–Trinajstić information content (AvgIpc) is 2.80. The van der Waals surface area contributed by atoms with Crippen LogP contribution in [0.4, 0.5) is 4.79 Å². The summed E-state index contributed by atoms with van der Waals surface area (Å²) in [5.74, 6) is -0.406. The molecule has 0 bridgehead atoms. The van der Waals surface area contributed by atoms with Crippen molar-refractivity contribution in [3.8, 4) is 0 Å². The van der Waals surface area contributed by atoms with Crippen LogP contribution in [0.2, 0.25) is 0 Å². The molecule has 6 heteroatoms. The molecule has 1 fully saturated rings. The lowest BCUT2D eigenvalue weighted by atomic mass is 9.97. The Bertz CT molecular complexity index is 432. The second-order valence-corrected chi connectivity index (χ2v) is 7.40. The summed E-state index contributed by atoms with van der Waals surface area (Å²) in [7, 11) is 0. The molecule has 0 aromatic rings. The van der Waals surface area contributed by atoms with Crippen molar-refractivity contribution in [3.05, 3.63) is 0 Å². The van der Waals surface area contributed by atoms with E-state index in [2.05, 4.69) is 6.92 Å². The maximum Gasteiger partial charge on any atom is 0.411 e. The number of carbonyl (C=O) groups is 2. The molecule has 1 saturated heterocycles. The molecule has 2 atom stereocenters. The molecule has 24 heavy (non-hydrogen) atoms. The third-order valence-corrected chi connectivity index (χ3v) is 4.11. The highest BCUT2D eigenvalue weighted by atomic mass is 16.6. The monoisotopic (exact) mass is 343 g/mol. The van der Waals surface area contributed by atoms with Gasteiger partial charge >= 0.3 is 12.1 Å². The van der Waals surface area contributed by atoms with E-state index in [9.17, 15) is 9.59 Å². The van der Waals surface area contributed by atoms with Gasteiger partial charge in [-0.15, -0.1) is 0 Å². The number of hydrogen-bond donors (Lipinski definition) is 0. The topological polar surface area (TPSA) is 65.1 Å². The number of amides is 1. The van der Waals surface area contributed by atoms with Crippen LogP contribution < -0.4 is 0 Å². The zero-order valence-corrected chi connectivity index (χ0v) is 16.0. The zero-order chi connectivity index (χ0) is 18.4. The van der Waals surface area contributed by atoms with Crippen LogP contribution in [-0.2, 0) is 19.0 Å². The second-order valence-electron chi connectivity index (χ2n) is 7.40. The Morgan fingerprint density at radius 1 is 1.25 bits per heavy atom. The van der Waals surface area contributed by atoms with Gasteiger partial charge in [-0.1, -0.05) is 13.3 Å². The van der Waals surface area contributed by atoms with Crippen molar-refractivity contribution in [1.29, 1.82) is 0 Å².